The lowest BCUT2D eigenvalue weighted by atomic mass is 9.83. The average molecular weight is 242 g/mol. The van der Waals surface area contributed by atoms with Crippen LogP contribution in [0.4, 0.5) is 0 Å². The quantitative estimate of drug-likeness (QED) is 0.803. The summed E-state index contributed by atoms with van der Waals surface area (Å²) in [6.45, 7) is 0. The normalized spacial score (nSPS) is 15.2. The Morgan fingerprint density at radius 1 is 0.944 bits per heavy atom. The van der Waals surface area contributed by atoms with Gasteiger partial charge in [-0.25, -0.2) is 4.79 Å². The third kappa shape index (κ3) is 1.26. The van der Waals surface area contributed by atoms with E-state index >= 15 is 0 Å². The van der Waals surface area contributed by atoms with Crippen molar-refractivity contribution in [3.8, 4) is 11.5 Å². The van der Waals surface area contributed by atoms with Gasteiger partial charge in [0.15, 0.2) is 0 Å². The van der Waals surface area contributed by atoms with Gasteiger partial charge in [0.1, 0.15) is 11.5 Å². The predicted octanol–water partition coefficient (Wildman–Crippen LogP) is 2.11. The van der Waals surface area contributed by atoms with Crippen LogP contribution in [-0.2, 0) is 10.4 Å². The highest BCUT2D eigenvalue weighted by Gasteiger charge is 2.47. The Labute approximate surface area is 103 Å². The van der Waals surface area contributed by atoms with Gasteiger partial charge < -0.3 is 14.9 Å². The molecule has 2 N–H and O–H groups in total. The zero-order chi connectivity index (χ0) is 12.8. The zero-order valence-electron chi connectivity index (χ0n) is 9.33. The molecule has 0 aromatic heterocycles. The van der Waals surface area contributed by atoms with Crippen LogP contribution in [0.2, 0.25) is 0 Å². The van der Waals surface area contributed by atoms with Crippen LogP contribution in [0.25, 0.3) is 0 Å². The van der Waals surface area contributed by atoms with Crippen LogP contribution in [0, 0.1) is 0 Å². The fourth-order valence-corrected chi connectivity index (χ4v) is 2.20. The molecule has 0 bridgehead atoms. The van der Waals surface area contributed by atoms with E-state index in [1.807, 2.05) is 0 Å². The number of aliphatic carboxylic acids is 1. The molecule has 2 aromatic rings. The number of hydrogen-bond donors (Lipinski definition) is 2. The van der Waals surface area contributed by atoms with Gasteiger partial charge in [-0.1, -0.05) is 36.4 Å². The first kappa shape index (κ1) is 10.8. The van der Waals surface area contributed by atoms with E-state index < -0.39 is 11.6 Å². The molecule has 18 heavy (non-hydrogen) atoms. The first-order valence-electron chi connectivity index (χ1n) is 5.46. The Hall–Kier alpha value is -2.33. The van der Waals surface area contributed by atoms with Gasteiger partial charge in [0.05, 0.1) is 0 Å². The number of para-hydroxylation sites is 2. The predicted molar refractivity (Wildman–Crippen MR) is 63.6 cm³/mol. The lowest BCUT2D eigenvalue weighted by molar-refractivity contribution is -0.155. The number of benzene rings is 2. The SMILES string of the molecule is O=C(O)C1(O)c2ccccc2Oc2ccccc21. The number of ether oxygens (including phenoxy) is 1. The molecule has 90 valence electrons. The van der Waals surface area contributed by atoms with Gasteiger partial charge in [0.2, 0.25) is 5.60 Å². The molecule has 0 fully saturated rings. The Morgan fingerprint density at radius 3 is 1.83 bits per heavy atom. The molecule has 1 aliphatic rings. The minimum atomic E-state index is -2.06. The fourth-order valence-electron chi connectivity index (χ4n) is 2.20. The Bertz CT molecular complexity index is 588. The van der Waals surface area contributed by atoms with E-state index in [1.165, 1.54) is 0 Å². The molecule has 0 amide bonds. The van der Waals surface area contributed by atoms with Gasteiger partial charge >= 0.3 is 5.97 Å². The lowest BCUT2D eigenvalue weighted by Crippen LogP contribution is -2.39. The first-order chi connectivity index (χ1) is 8.64. The van der Waals surface area contributed by atoms with Crippen LogP contribution in [-0.4, -0.2) is 16.2 Å². The molecule has 1 heterocycles. The highest BCUT2D eigenvalue weighted by molar-refractivity contribution is 5.87. The second-order valence-corrected chi connectivity index (χ2v) is 4.11. The molecule has 2 aromatic carbocycles. The number of carboxylic acids is 1. The molecule has 4 nitrogen and oxygen atoms in total. The Morgan fingerprint density at radius 2 is 1.39 bits per heavy atom. The number of rotatable bonds is 1. The van der Waals surface area contributed by atoms with E-state index in [0.29, 0.717) is 11.5 Å². The van der Waals surface area contributed by atoms with Gasteiger partial charge in [-0.15, -0.1) is 0 Å². The number of carboxylic acid groups (broad SMARTS) is 1. The molecule has 0 spiro atoms. The molecule has 0 saturated heterocycles. The topological polar surface area (TPSA) is 66.8 Å². The summed E-state index contributed by atoms with van der Waals surface area (Å²) in [6, 6.07) is 13.2. The van der Waals surface area contributed by atoms with Gasteiger partial charge in [0.25, 0.3) is 0 Å². The van der Waals surface area contributed by atoms with E-state index in [1.54, 1.807) is 48.5 Å². The standard InChI is InChI=1S/C14H10O4/c15-13(16)14(17)9-5-1-3-7-11(9)18-12-8-4-2-6-10(12)14/h1-8,17H,(H,15,16). The Kier molecular flexibility index (Phi) is 2.15. The number of aliphatic hydroxyl groups is 1. The fraction of sp³-hybridized carbons (Fsp3) is 0.0714. The van der Waals surface area contributed by atoms with Crippen molar-refractivity contribution >= 4 is 5.97 Å². The molecule has 0 unspecified atom stereocenters. The maximum absolute atomic E-state index is 11.5. The molecule has 0 saturated carbocycles. The van der Waals surface area contributed by atoms with Gasteiger partial charge in [-0.05, 0) is 12.1 Å². The van der Waals surface area contributed by atoms with Crippen LogP contribution in [0.1, 0.15) is 11.1 Å². The monoisotopic (exact) mass is 242 g/mol. The van der Waals surface area contributed by atoms with Crippen LogP contribution in [0.3, 0.4) is 0 Å². The lowest BCUT2D eigenvalue weighted by Gasteiger charge is -2.32. The van der Waals surface area contributed by atoms with E-state index in [0.717, 1.165) is 0 Å². The van der Waals surface area contributed by atoms with E-state index in [-0.39, 0.29) is 11.1 Å². The minimum absolute atomic E-state index is 0.246. The number of carbonyl (C=O) groups is 1. The third-order valence-corrected chi connectivity index (χ3v) is 3.08. The van der Waals surface area contributed by atoms with Crippen molar-refractivity contribution in [2.75, 3.05) is 0 Å². The maximum atomic E-state index is 11.5. The van der Waals surface area contributed by atoms with E-state index in [2.05, 4.69) is 0 Å². The van der Waals surface area contributed by atoms with Crippen LogP contribution in [0.5, 0.6) is 11.5 Å². The highest BCUT2D eigenvalue weighted by atomic mass is 16.5. The first-order valence-corrected chi connectivity index (χ1v) is 5.46. The maximum Gasteiger partial charge on any atom is 0.345 e. The Balaban J connectivity index is 2.34. The summed E-state index contributed by atoms with van der Waals surface area (Å²) >= 11 is 0. The van der Waals surface area contributed by atoms with Crippen molar-refractivity contribution in [3.05, 3.63) is 59.7 Å². The summed E-state index contributed by atoms with van der Waals surface area (Å²) in [6.07, 6.45) is 0. The van der Waals surface area contributed by atoms with Gasteiger partial charge in [0, 0.05) is 11.1 Å². The minimum Gasteiger partial charge on any atom is -0.479 e. The van der Waals surface area contributed by atoms with Crippen molar-refractivity contribution < 1.29 is 19.7 Å². The van der Waals surface area contributed by atoms with Gasteiger partial charge in [-0.3, -0.25) is 0 Å². The van der Waals surface area contributed by atoms with Crippen LogP contribution < -0.4 is 4.74 Å². The molecule has 0 radical (unpaired) electrons. The smallest absolute Gasteiger partial charge is 0.345 e. The summed E-state index contributed by atoms with van der Waals surface area (Å²) < 4.78 is 5.60. The molecule has 4 heteroatoms. The molecule has 0 atom stereocenters. The average Bonchev–Trinajstić information content (AvgIpc) is 2.39. The molecule has 1 aliphatic heterocycles. The van der Waals surface area contributed by atoms with E-state index in [9.17, 15) is 15.0 Å². The van der Waals surface area contributed by atoms with Crippen molar-refractivity contribution in [2.24, 2.45) is 0 Å². The summed E-state index contributed by atoms with van der Waals surface area (Å²) in [4.78, 5) is 11.5. The summed E-state index contributed by atoms with van der Waals surface area (Å²) in [7, 11) is 0. The van der Waals surface area contributed by atoms with Crippen molar-refractivity contribution in [3.63, 3.8) is 0 Å². The second kappa shape index (κ2) is 3.58. The molecule has 0 aliphatic carbocycles. The molecular weight excluding hydrogens is 232 g/mol. The van der Waals surface area contributed by atoms with Gasteiger partial charge in [-0.2, -0.15) is 0 Å². The number of fused-ring (bicyclic) bond motifs is 2. The van der Waals surface area contributed by atoms with Crippen LogP contribution in [0.15, 0.2) is 48.5 Å². The summed E-state index contributed by atoms with van der Waals surface area (Å²) in [5.74, 6) is -0.590. The summed E-state index contributed by atoms with van der Waals surface area (Å²) in [5.41, 5.74) is -1.57. The molecular formula is C14H10O4. The third-order valence-electron chi connectivity index (χ3n) is 3.08. The zero-order valence-corrected chi connectivity index (χ0v) is 9.33. The second-order valence-electron chi connectivity index (χ2n) is 4.11. The molecule has 3 rings (SSSR count). The van der Waals surface area contributed by atoms with Crippen molar-refractivity contribution in [1.82, 2.24) is 0 Å². The largest absolute Gasteiger partial charge is 0.479 e. The highest BCUT2D eigenvalue weighted by Crippen LogP contribution is 2.46. The summed E-state index contributed by atoms with van der Waals surface area (Å²) in [5, 5.41) is 20.0. The van der Waals surface area contributed by atoms with Crippen LogP contribution >= 0.6 is 0 Å². The van der Waals surface area contributed by atoms with E-state index in [4.69, 9.17) is 4.74 Å². The van der Waals surface area contributed by atoms with Crippen molar-refractivity contribution in [2.45, 2.75) is 5.60 Å². The number of hydrogen-bond acceptors (Lipinski definition) is 3. The van der Waals surface area contributed by atoms with Crippen molar-refractivity contribution in [1.29, 1.82) is 0 Å².